The topological polar surface area (TPSA) is 60.4 Å². The van der Waals surface area contributed by atoms with Crippen molar-refractivity contribution in [2.75, 3.05) is 6.61 Å². The Balaban J connectivity index is 2.25. The summed E-state index contributed by atoms with van der Waals surface area (Å²) in [7, 11) is 0. The second-order valence-corrected chi connectivity index (χ2v) is 3.34. The Hall–Kier alpha value is -0.970. The molecular weight excluding hydrogens is 204 g/mol. The van der Waals surface area contributed by atoms with Crippen LogP contribution < -0.4 is 11.3 Å². The van der Waals surface area contributed by atoms with E-state index in [2.05, 4.69) is 5.43 Å². The molecule has 5 heteroatoms. The van der Waals surface area contributed by atoms with Gasteiger partial charge in [0.15, 0.2) is 5.22 Å². The molecule has 0 fully saturated rings. The van der Waals surface area contributed by atoms with Crippen LogP contribution in [0.25, 0.3) is 0 Å². The molecule has 0 bridgehead atoms. The van der Waals surface area contributed by atoms with E-state index in [0.29, 0.717) is 11.8 Å². The number of nitrogens with one attached hydrogen (secondary N) is 1. The van der Waals surface area contributed by atoms with Gasteiger partial charge in [0, 0.05) is 12.0 Å². The van der Waals surface area contributed by atoms with E-state index in [-0.39, 0.29) is 6.04 Å². The van der Waals surface area contributed by atoms with Crippen LogP contribution in [0, 0.1) is 0 Å². The fourth-order valence-corrected chi connectivity index (χ4v) is 1.70. The first-order chi connectivity index (χ1) is 6.83. The maximum Gasteiger partial charge on any atom is 0.198 e. The highest BCUT2D eigenvalue weighted by atomic mass is 35.5. The van der Waals surface area contributed by atoms with Crippen LogP contribution in [0.1, 0.15) is 18.0 Å². The smallest absolute Gasteiger partial charge is 0.198 e. The minimum atomic E-state index is -0.219. The summed E-state index contributed by atoms with van der Waals surface area (Å²) in [6.45, 7) is 0.697. The fourth-order valence-electron chi connectivity index (χ4n) is 1.47. The molecule has 4 nitrogen and oxygen atoms in total. The van der Waals surface area contributed by atoms with Crippen molar-refractivity contribution >= 4 is 11.6 Å². The number of halogens is 1. The molecule has 0 saturated carbocycles. The summed E-state index contributed by atoms with van der Waals surface area (Å²) in [6.07, 6.45) is 4.42. The highest BCUT2D eigenvalue weighted by Crippen LogP contribution is 2.31. The van der Waals surface area contributed by atoms with Gasteiger partial charge in [0.05, 0.1) is 12.9 Å². The Kier molecular flexibility index (Phi) is 2.77. The van der Waals surface area contributed by atoms with Gasteiger partial charge in [-0.2, -0.15) is 0 Å². The van der Waals surface area contributed by atoms with Crippen LogP contribution in [-0.2, 0) is 4.74 Å². The summed E-state index contributed by atoms with van der Waals surface area (Å²) in [6, 6.07) is 1.55. The zero-order valence-corrected chi connectivity index (χ0v) is 8.25. The summed E-state index contributed by atoms with van der Waals surface area (Å²) < 4.78 is 10.4. The average Bonchev–Trinajstić information content (AvgIpc) is 2.80. The van der Waals surface area contributed by atoms with Crippen molar-refractivity contribution < 1.29 is 9.15 Å². The Morgan fingerprint density at radius 3 is 2.93 bits per heavy atom. The fraction of sp³-hybridized carbons (Fsp3) is 0.333. The van der Waals surface area contributed by atoms with Crippen LogP contribution >= 0.6 is 11.6 Å². The lowest BCUT2D eigenvalue weighted by molar-refractivity contribution is 0.215. The van der Waals surface area contributed by atoms with Crippen LogP contribution in [0.15, 0.2) is 28.6 Å². The van der Waals surface area contributed by atoms with E-state index in [4.69, 9.17) is 26.6 Å². The van der Waals surface area contributed by atoms with Crippen LogP contribution in [0.5, 0.6) is 0 Å². The van der Waals surface area contributed by atoms with Crippen molar-refractivity contribution in [2.24, 2.45) is 5.84 Å². The molecule has 0 aliphatic carbocycles. The van der Waals surface area contributed by atoms with Gasteiger partial charge in [0.2, 0.25) is 0 Å². The maximum absolute atomic E-state index is 5.85. The Labute approximate surface area is 86.6 Å². The van der Waals surface area contributed by atoms with Crippen molar-refractivity contribution in [3.05, 3.63) is 34.9 Å². The van der Waals surface area contributed by atoms with Gasteiger partial charge in [0.1, 0.15) is 11.8 Å². The highest BCUT2D eigenvalue weighted by molar-refractivity contribution is 6.29. The monoisotopic (exact) mass is 214 g/mol. The van der Waals surface area contributed by atoms with Gasteiger partial charge in [-0.15, -0.1) is 0 Å². The third-order valence-corrected chi connectivity index (χ3v) is 2.45. The molecule has 0 aromatic carbocycles. The molecule has 1 aromatic rings. The predicted octanol–water partition coefficient (Wildman–Crippen LogP) is 1.74. The molecule has 2 rings (SSSR count). The number of hydrazine groups is 1. The minimum Gasteiger partial charge on any atom is -0.496 e. The molecule has 14 heavy (non-hydrogen) atoms. The molecule has 0 radical (unpaired) electrons. The van der Waals surface area contributed by atoms with Gasteiger partial charge in [-0.25, -0.2) is 5.43 Å². The van der Waals surface area contributed by atoms with Crippen molar-refractivity contribution in [3.63, 3.8) is 0 Å². The molecule has 1 aromatic heterocycles. The summed E-state index contributed by atoms with van der Waals surface area (Å²) in [5, 5.41) is 0.337. The number of furan rings is 1. The highest BCUT2D eigenvalue weighted by Gasteiger charge is 2.23. The molecule has 1 aliphatic rings. The zero-order chi connectivity index (χ0) is 9.97. The van der Waals surface area contributed by atoms with Gasteiger partial charge in [-0.3, -0.25) is 5.84 Å². The number of hydrogen-bond donors (Lipinski definition) is 2. The molecule has 76 valence electrons. The summed E-state index contributed by atoms with van der Waals surface area (Å²) in [4.78, 5) is 0. The Morgan fingerprint density at radius 1 is 1.57 bits per heavy atom. The lowest BCUT2D eigenvalue weighted by Gasteiger charge is -2.15. The van der Waals surface area contributed by atoms with E-state index in [0.717, 1.165) is 17.7 Å². The summed E-state index contributed by atoms with van der Waals surface area (Å²) in [5.74, 6) is 6.24. The number of ether oxygens (including phenoxy) is 1. The van der Waals surface area contributed by atoms with Gasteiger partial charge < -0.3 is 9.15 Å². The lowest BCUT2D eigenvalue weighted by Crippen LogP contribution is -2.29. The molecule has 3 N–H and O–H groups in total. The summed E-state index contributed by atoms with van der Waals surface area (Å²) >= 11 is 5.85. The van der Waals surface area contributed by atoms with E-state index in [1.54, 1.807) is 6.07 Å². The zero-order valence-electron chi connectivity index (χ0n) is 7.50. The normalized spacial score (nSPS) is 17.7. The number of hydrogen-bond acceptors (Lipinski definition) is 4. The van der Waals surface area contributed by atoms with Crippen LogP contribution in [0.2, 0.25) is 5.22 Å². The van der Waals surface area contributed by atoms with E-state index < -0.39 is 0 Å². The molecule has 0 saturated heterocycles. The third-order valence-electron chi connectivity index (χ3n) is 2.14. The van der Waals surface area contributed by atoms with Crippen molar-refractivity contribution in [3.8, 4) is 0 Å². The standard InChI is InChI=1S/C9H11ClN2O2/c10-9-6(3-5-14-9)8(12-11)7-2-1-4-13-7/h2-3,5,8,12H,1,4,11H2. The second kappa shape index (κ2) is 4.04. The predicted molar refractivity (Wildman–Crippen MR) is 52.4 cm³/mol. The first kappa shape index (κ1) is 9.58. The first-order valence-corrected chi connectivity index (χ1v) is 4.72. The SMILES string of the molecule is NNC(C1=CCCO1)c1ccoc1Cl. The third kappa shape index (κ3) is 1.64. The minimum absolute atomic E-state index is 0.219. The quantitative estimate of drug-likeness (QED) is 0.595. The number of nitrogens with two attached hydrogens (primary N) is 1. The molecule has 1 atom stereocenters. The molecule has 0 amide bonds. The van der Waals surface area contributed by atoms with Crippen molar-refractivity contribution in [1.29, 1.82) is 0 Å². The van der Waals surface area contributed by atoms with Gasteiger partial charge in [0.25, 0.3) is 0 Å². The van der Waals surface area contributed by atoms with E-state index in [9.17, 15) is 0 Å². The lowest BCUT2D eigenvalue weighted by atomic mass is 10.1. The second-order valence-electron chi connectivity index (χ2n) is 2.99. The van der Waals surface area contributed by atoms with E-state index >= 15 is 0 Å². The molecule has 2 heterocycles. The summed E-state index contributed by atoms with van der Waals surface area (Å²) in [5.41, 5.74) is 3.44. The molecule has 1 unspecified atom stereocenters. The van der Waals surface area contributed by atoms with Crippen LogP contribution in [0.3, 0.4) is 0 Å². The Morgan fingerprint density at radius 2 is 2.43 bits per heavy atom. The van der Waals surface area contributed by atoms with Gasteiger partial charge in [-0.05, 0) is 23.7 Å². The van der Waals surface area contributed by atoms with Crippen LogP contribution in [-0.4, -0.2) is 6.61 Å². The number of rotatable bonds is 3. The van der Waals surface area contributed by atoms with Gasteiger partial charge >= 0.3 is 0 Å². The molecule has 0 spiro atoms. The van der Waals surface area contributed by atoms with Crippen molar-refractivity contribution in [1.82, 2.24) is 5.43 Å². The van der Waals surface area contributed by atoms with Crippen molar-refractivity contribution in [2.45, 2.75) is 12.5 Å². The molecular formula is C9H11ClN2O2. The van der Waals surface area contributed by atoms with Gasteiger partial charge in [-0.1, -0.05) is 0 Å². The maximum atomic E-state index is 5.85. The average molecular weight is 215 g/mol. The first-order valence-electron chi connectivity index (χ1n) is 4.35. The largest absolute Gasteiger partial charge is 0.496 e. The van der Waals surface area contributed by atoms with E-state index in [1.165, 1.54) is 6.26 Å². The molecule has 1 aliphatic heterocycles. The van der Waals surface area contributed by atoms with Crippen LogP contribution in [0.4, 0.5) is 0 Å². The Bertz CT molecular complexity index is 348. The van der Waals surface area contributed by atoms with E-state index in [1.807, 2.05) is 6.08 Å².